The molecule has 1 aliphatic rings. The number of nitrogens with zero attached hydrogens (tertiary/aromatic N) is 2. The van der Waals surface area contributed by atoms with Gasteiger partial charge in [-0.25, -0.2) is 12.4 Å². The van der Waals surface area contributed by atoms with Crippen LogP contribution in [0.3, 0.4) is 0 Å². The summed E-state index contributed by atoms with van der Waals surface area (Å²) in [7, 11) is -3.68. The Morgan fingerprint density at radius 3 is 2.37 bits per heavy atom. The van der Waals surface area contributed by atoms with Crippen molar-refractivity contribution in [3.63, 3.8) is 0 Å². The van der Waals surface area contributed by atoms with E-state index in [1.807, 2.05) is 30.3 Å². The van der Waals surface area contributed by atoms with Crippen molar-refractivity contribution in [2.24, 2.45) is 0 Å². The molecule has 0 N–H and O–H groups in total. The van der Waals surface area contributed by atoms with Gasteiger partial charge in [0.1, 0.15) is 0 Å². The molecule has 0 bridgehead atoms. The van der Waals surface area contributed by atoms with E-state index in [0.717, 1.165) is 16.5 Å². The quantitative estimate of drug-likeness (QED) is 0.699. The zero-order chi connectivity index (χ0) is 19.0. The smallest absolute Gasteiger partial charge is 0.268 e. The lowest BCUT2D eigenvalue weighted by Gasteiger charge is -2.25. The highest BCUT2D eigenvalue weighted by atomic mass is 32.2. The van der Waals surface area contributed by atoms with Gasteiger partial charge >= 0.3 is 0 Å². The summed E-state index contributed by atoms with van der Waals surface area (Å²) >= 11 is 0. The van der Waals surface area contributed by atoms with Crippen molar-refractivity contribution < 1.29 is 13.2 Å². The first kappa shape index (κ1) is 17.5. The van der Waals surface area contributed by atoms with Crippen LogP contribution in [0.4, 0.5) is 0 Å². The third-order valence-corrected chi connectivity index (χ3v) is 6.67. The molecule has 2 heterocycles. The fourth-order valence-corrected chi connectivity index (χ4v) is 4.90. The van der Waals surface area contributed by atoms with Gasteiger partial charge in [-0.1, -0.05) is 42.5 Å². The SMILES string of the molecule is CC(=O)N1CC=C(c2cn(S(=O)(=O)c3ccccc3)c3ccccc23)CC1. The summed E-state index contributed by atoms with van der Waals surface area (Å²) in [6.07, 6.45) is 4.44. The average molecular weight is 380 g/mol. The molecule has 0 atom stereocenters. The van der Waals surface area contributed by atoms with Crippen molar-refractivity contribution in [2.75, 3.05) is 13.1 Å². The van der Waals surface area contributed by atoms with Gasteiger partial charge in [0, 0.05) is 37.2 Å². The molecule has 5 nitrogen and oxygen atoms in total. The lowest BCUT2D eigenvalue weighted by molar-refractivity contribution is -0.128. The van der Waals surface area contributed by atoms with Gasteiger partial charge in [0.05, 0.1) is 10.4 Å². The summed E-state index contributed by atoms with van der Waals surface area (Å²) < 4.78 is 27.7. The Morgan fingerprint density at radius 1 is 1.00 bits per heavy atom. The van der Waals surface area contributed by atoms with Gasteiger partial charge in [-0.3, -0.25) is 4.79 Å². The minimum Gasteiger partial charge on any atom is -0.339 e. The second-order valence-electron chi connectivity index (χ2n) is 6.62. The number of rotatable bonds is 3. The van der Waals surface area contributed by atoms with Crippen LogP contribution in [0.25, 0.3) is 16.5 Å². The predicted octanol–water partition coefficient (Wildman–Crippen LogP) is 3.51. The molecule has 3 aromatic rings. The standard InChI is InChI=1S/C21H20N2O3S/c1-16(24)22-13-11-17(12-14-22)20-15-23(21-10-6-5-9-19(20)21)27(25,26)18-7-3-2-4-8-18/h2-11,15H,12-14H2,1H3. The van der Waals surface area contributed by atoms with Crippen molar-refractivity contribution in [3.05, 3.63) is 72.4 Å². The molecular weight excluding hydrogens is 360 g/mol. The third-order valence-electron chi connectivity index (χ3n) is 4.98. The fraction of sp³-hybridized carbons (Fsp3) is 0.190. The topological polar surface area (TPSA) is 59.4 Å². The maximum Gasteiger partial charge on any atom is 0.268 e. The Labute approximate surface area is 158 Å². The minimum absolute atomic E-state index is 0.0550. The van der Waals surface area contributed by atoms with Crippen LogP contribution < -0.4 is 0 Å². The number of hydrogen-bond donors (Lipinski definition) is 0. The second kappa shape index (κ2) is 6.70. The van der Waals surface area contributed by atoms with E-state index in [2.05, 4.69) is 0 Å². The first-order chi connectivity index (χ1) is 13.0. The van der Waals surface area contributed by atoms with E-state index in [4.69, 9.17) is 0 Å². The molecule has 6 heteroatoms. The summed E-state index contributed by atoms with van der Waals surface area (Å²) in [5.41, 5.74) is 2.64. The van der Waals surface area contributed by atoms with E-state index in [0.29, 0.717) is 25.0 Å². The molecule has 0 aliphatic carbocycles. The van der Waals surface area contributed by atoms with Crippen LogP contribution in [0, 0.1) is 0 Å². The largest absolute Gasteiger partial charge is 0.339 e. The molecule has 27 heavy (non-hydrogen) atoms. The molecule has 0 fully saturated rings. The second-order valence-corrected chi connectivity index (χ2v) is 8.43. The predicted molar refractivity (Wildman–Crippen MR) is 106 cm³/mol. The number of amides is 1. The highest BCUT2D eigenvalue weighted by molar-refractivity contribution is 7.90. The van der Waals surface area contributed by atoms with Crippen LogP contribution in [0.2, 0.25) is 0 Å². The van der Waals surface area contributed by atoms with Crippen molar-refractivity contribution in [1.82, 2.24) is 8.87 Å². The van der Waals surface area contributed by atoms with Crippen molar-refractivity contribution in [3.8, 4) is 0 Å². The maximum atomic E-state index is 13.2. The Balaban J connectivity index is 1.85. The number of hydrogen-bond acceptors (Lipinski definition) is 3. The third kappa shape index (κ3) is 3.06. The number of carbonyl (C=O) groups excluding carboxylic acids is 1. The maximum absolute atomic E-state index is 13.2. The zero-order valence-corrected chi connectivity index (χ0v) is 15.8. The highest BCUT2D eigenvalue weighted by Gasteiger charge is 2.23. The summed E-state index contributed by atoms with van der Waals surface area (Å²) in [6, 6.07) is 16.0. The van der Waals surface area contributed by atoms with Crippen LogP contribution in [0.5, 0.6) is 0 Å². The molecular formula is C21H20N2O3S. The van der Waals surface area contributed by atoms with E-state index in [9.17, 15) is 13.2 Å². The summed E-state index contributed by atoms with van der Waals surface area (Å²) in [6.45, 7) is 2.76. The summed E-state index contributed by atoms with van der Waals surface area (Å²) in [5, 5.41) is 0.902. The minimum atomic E-state index is -3.68. The normalized spacial score (nSPS) is 15.0. The Morgan fingerprint density at radius 2 is 1.70 bits per heavy atom. The first-order valence-corrected chi connectivity index (χ1v) is 10.3. The molecule has 1 amide bonds. The van der Waals surface area contributed by atoms with Crippen LogP contribution in [0.15, 0.2) is 71.8 Å². The van der Waals surface area contributed by atoms with E-state index in [1.54, 1.807) is 48.4 Å². The van der Waals surface area contributed by atoms with Crippen LogP contribution >= 0.6 is 0 Å². The Kier molecular flexibility index (Phi) is 4.36. The van der Waals surface area contributed by atoms with Crippen molar-refractivity contribution in [1.29, 1.82) is 0 Å². The monoisotopic (exact) mass is 380 g/mol. The lowest BCUT2D eigenvalue weighted by Crippen LogP contribution is -2.32. The van der Waals surface area contributed by atoms with Gasteiger partial charge in [-0.05, 0) is 30.2 Å². The Hall–Kier alpha value is -2.86. The van der Waals surface area contributed by atoms with Gasteiger partial charge in [0.15, 0.2) is 0 Å². The zero-order valence-electron chi connectivity index (χ0n) is 15.0. The molecule has 2 aromatic carbocycles. The lowest BCUT2D eigenvalue weighted by atomic mass is 9.99. The highest BCUT2D eigenvalue weighted by Crippen LogP contribution is 2.33. The average Bonchev–Trinajstić information content (AvgIpc) is 3.09. The number of aromatic nitrogens is 1. The summed E-state index contributed by atoms with van der Waals surface area (Å²) in [5.74, 6) is 0.0550. The Bertz CT molecular complexity index is 1140. The number of benzene rings is 2. The fourth-order valence-electron chi connectivity index (χ4n) is 3.51. The molecule has 0 unspecified atom stereocenters. The van der Waals surface area contributed by atoms with Gasteiger partial charge in [0.25, 0.3) is 10.0 Å². The first-order valence-electron chi connectivity index (χ1n) is 8.84. The molecule has 1 aromatic heterocycles. The molecule has 4 rings (SSSR count). The summed E-state index contributed by atoms with van der Waals surface area (Å²) in [4.78, 5) is 13.6. The van der Waals surface area contributed by atoms with Gasteiger partial charge in [-0.2, -0.15) is 0 Å². The van der Waals surface area contributed by atoms with Crippen LogP contribution in [-0.4, -0.2) is 36.3 Å². The van der Waals surface area contributed by atoms with Crippen LogP contribution in [-0.2, 0) is 14.8 Å². The molecule has 1 aliphatic heterocycles. The van der Waals surface area contributed by atoms with E-state index < -0.39 is 10.0 Å². The molecule has 138 valence electrons. The molecule has 0 saturated heterocycles. The van der Waals surface area contributed by atoms with E-state index in [1.165, 1.54) is 3.97 Å². The number of para-hydroxylation sites is 1. The number of carbonyl (C=O) groups is 1. The number of fused-ring (bicyclic) bond motifs is 1. The van der Waals surface area contributed by atoms with Crippen molar-refractivity contribution in [2.45, 2.75) is 18.2 Å². The van der Waals surface area contributed by atoms with E-state index >= 15 is 0 Å². The molecule has 0 saturated carbocycles. The van der Waals surface area contributed by atoms with Gasteiger partial charge in [0.2, 0.25) is 5.91 Å². The van der Waals surface area contributed by atoms with Crippen LogP contribution in [0.1, 0.15) is 18.9 Å². The van der Waals surface area contributed by atoms with E-state index in [-0.39, 0.29) is 10.8 Å². The van der Waals surface area contributed by atoms with Gasteiger partial charge < -0.3 is 4.90 Å². The molecule has 0 radical (unpaired) electrons. The molecule has 0 spiro atoms. The van der Waals surface area contributed by atoms with Gasteiger partial charge in [-0.15, -0.1) is 0 Å². The van der Waals surface area contributed by atoms with Crippen molar-refractivity contribution >= 4 is 32.4 Å².